The zero-order valence-corrected chi connectivity index (χ0v) is 18.1. The molecule has 0 N–H and O–H groups in total. The molecule has 0 aliphatic carbocycles. The van der Waals surface area contributed by atoms with E-state index in [0.717, 1.165) is 50.1 Å². The summed E-state index contributed by atoms with van der Waals surface area (Å²) >= 11 is 0. The van der Waals surface area contributed by atoms with E-state index < -0.39 is 0 Å². The Bertz CT molecular complexity index is 1600. The van der Waals surface area contributed by atoms with Gasteiger partial charge >= 0.3 is 0 Å². The normalized spacial score (nSPS) is 11.2. The van der Waals surface area contributed by atoms with Gasteiger partial charge in [0.1, 0.15) is 24.0 Å². The van der Waals surface area contributed by atoms with E-state index in [9.17, 15) is 0 Å². The van der Waals surface area contributed by atoms with E-state index in [2.05, 4.69) is 65.3 Å². The summed E-state index contributed by atoms with van der Waals surface area (Å²) < 4.78 is 14.1. The molecule has 0 aliphatic rings. The maximum atomic E-state index is 5.99. The molecule has 4 nitrogen and oxygen atoms in total. The van der Waals surface area contributed by atoms with Crippen molar-refractivity contribution < 1.29 is 13.7 Å². The Morgan fingerprint density at radius 1 is 0.697 bits per heavy atom. The summed E-state index contributed by atoms with van der Waals surface area (Å²) in [6.07, 6.45) is 3.82. The lowest BCUT2D eigenvalue weighted by Gasteiger charge is -2.08. The van der Waals surface area contributed by atoms with Gasteiger partial charge in [-0.05, 0) is 53.6 Å². The molecule has 0 radical (unpaired) electrons. The van der Waals surface area contributed by atoms with Crippen molar-refractivity contribution in [1.29, 1.82) is 0 Å². The van der Waals surface area contributed by atoms with Crippen LogP contribution in [0, 0.1) is 0 Å². The summed E-state index contributed by atoms with van der Waals surface area (Å²) in [4.78, 5) is 4.25. The second kappa shape index (κ2) is 7.92. The molecule has 0 spiro atoms. The largest absolute Gasteiger partial charge is 0.456 e. The maximum Gasteiger partial charge on any atom is 0.219 e. The molecule has 0 fully saturated rings. The molecule has 3 aromatic carbocycles. The number of pyridine rings is 2. The smallest absolute Gasteiger partial charge is 0.219 e. The lowest BCUT2D eigenvalue weighted by atomic mass is 10.0. The number of benzene rings is 3. The molecule has 0 amide bonds. The van der Waals surface area contributed by atoms with Crippen LogP contribution in [0.1, 0.15) is 0 Å². The van der Waals surface area contributed by atoms with Gasteiger partial charge in [-0.2, -0.15) is 0 Å². The lowest BCUT2D eigenvalue weighted by Crippen LogP contribution is -2.30. The number of nitrogens with zero attached hydrogens (tertiary/aromatic N) is 2. The van der Waals surface area contributed by atoms with E-state index >= 15 is 0 Å². The molecule has 33 heavy (non-hydrogen) atoms. The highest BCUT2D eigenvalue weighted by Gasteiger charge is 2.14. The van der Waals surface area contributed by atoms with Crippen molar-refractivity contribution in [2.75, 3.05) is 0 Å². The molecule has 0 aliphatic heterocycles. The highest BCUT2D eigenvalue weighted by atomic mass is 16.5. The van der Waals surface area contributed by atoms with Gasteiger partial charge in [-0.3, -0.25) is 0 Å². The summed E-state index contributed by atoms with van der Waals surface area (Å²) in [6, 6.07) is 32.6. The fourth-order valence-corrected chi connectivity index (χ4v) is 4.19. The molecule has 6 rings (SSSR count). The molecule has 0 bridgehead atoms. The van der Waals surface area contributed by atoms with Crippen molar-refractivity contribution in [3.63, 3.8) is 0 Å². The van der Waals surface area contributed by atoms with E-state index in [4.69, 9.17) is 9.15 Å². The molecule has 0 unspecified atom stereocenters. The van der Waals surface area contributed by atoms with Crippen LogP contribution < -0.4 is 9.30 Å². The lowest BCUT2D eigenvalue weighted by molar-refractivity contribution is -0.660. The van der Waals surface area contributed by atoms with E-state index in [1.54, 1.807) is 6.20 Å². The van der Waals surface area contributed by atoms with Gasteiger partial charge in [-0.25, -0.2) is 9.55 Å². The minimum atomic E-state index is 0.577. The molecule has 3 aromatic heterocycles. The van der Waals surface area contributed by atoms with E-state index in [0.29, 0.717) is 5.88 Å². The average Bonchev–Trinajstić information content (AvgIpc) is 3.23. The van der Waals surface area contributed by atoms with Crippen LogP contribution in [0.25, 0.3) is 44.3 Å². The monoisotopic (exact) mass is 429 g/mol. The van der Waals surface area contributed by atoms with Gasteiger partial charge in [-0.1, -0.05) is 36.4 Å². The number of fused-ring (bicyclic) bond motifs is 3. The predicted molar refractivity (Wildman–Crippen MR) is 130 cm³/mol. The number of aromatic nitrogens is 2. The van der Waals surface area contributed by atoms with Crippen molar-refractivity contribution >= 4 is 21.9 Å². The van der Waals surface area contributed by atoms with Crippen molar-refractivity contribution in [1.82, 2.24) is 4.98 Å². The topological polar surface area (TPSA) is 39.1 Å². The summed E-state index contributed by atoms with van der Waals surface area (Å²) in [5.41, 5.74) is 6.28. The van der Waals surface area contributed by atoms with Gasteiger partial charge in [0.15, 0.2) is 6.20 Å². The van der Waals surface area contributed by atoms with Crippen molar-refractivity contribution in [3.8, 4) is 34.0 Å². The third kappa shape index (κ3) is 3.62. The van der Waals surface area contributed by atoms with E-state index in [-0.39, 0.29) is 0 Å². The van der Waals surface area contributed by atoms with Crippen molar-refractivity contribution in [2.24, 2.45) is 7.05 Å². The second-order valence-electron chi connectivity index (χ2n) is 8.02. The van der Waals surface area contributed by atoms with Crippen LogP contribution in [0.5, 0.6) is 11.6 Å². The van der Waals surface area contributed by atoms with Crippen LogP contribution in [-0.2, 0) is 7.05 Å². The fraction of sp³-hybridized carbons (Fsp3) is 0.0345. The number of hydrogen-bond donors (Lipinski definition) is 0. The van der Waals surface area contributed by atoms with E-state index in [1.807, 2.05) is 54.6 Å². The molecule has 158 valence electrons. The first-order valence-corrected chi connectivity index (χ1v) is 10.9. The van der Waals surface area contributed by atoms with Gasteiger partial charge in [0, 0.05) is 40.7 Å². The van der Waals surface area contributed by atoms with Gasteiger partial charge in [0.05, 0.1) is 0 Å². The van der Waals surface area contributed by atoms with Crippen LogP contribution in [0.2, 0.25) is 0 Å². The first kappa shape index (κ1) is 19.3. The summed E-state index contributed by atoms with van der Waals surface area (Å²) in [5.74, 6) is 1.33. The van der Waals surface area contributed by atoms with Crippen LogP contribution in [0.3, 0.4) is 0 Å². The van der Waals surface area contributed by atoms with Gasteiger partial charge in [0.25, 0.3) is 0 Å². The summed E-state index contributed by atoms with van der Waals surface area (Å²) in [6.45, 7) is 0. The highest BCUT2D eigenvalue weighted by Crippen LogP contribution is 2.33. The quantitative estimate of drug-likeness (QED) is 0.285. The Morgan fingerprint density at radius 2 is 1.55 bits per heavy atom. The minimum absolute atomic E-state index is 0.577. The zero-order chi connectivity index (χ0) is 22.2. The second-order valence-corrected chi connectivity index (χ2v) is 8.02. The third-order valence-electron chi connectivity index (χ3n) is 5.85. The van der Waals surface area contributed by atoms with Crippen LogP contribution in [0.4, 0.5) is 0 Å². The highest BCUT2D eigenvalue weighted by molar-refractivity contribution is 6.06. The average molecular weight is 429 g/mol. The fourth-order valence-electron chi connectivity index (χ4n) is 4.19. The molecule has 6 aromatic rings. The Balaban J connectivity index is 1.40. The van der Waals surface area contributed by atoms with Crippen LogP contribution in [-0.4, -0.2) is 4.98 Å². The first-order chi connectivity index (χ1) is 16.2. The molecular formula is C29H21N2O2+. The number of para-hydroxylation sites is 1. The molecule has 3 heterocycles. The number of furan rings is 1. The minimum Gasteiger partial charge on any atom is -0.456 e. The summed E-state index contributed by atoms with van der Waals surface area (Å²) in [7, 11) is 2.05. The SMILES string of the molecule is C[n+]1ccc(-c2ccc3oc4ccccc4c3c2)cc1-c1cccc(Oc2ccccn2)c1. The molecule has 0 saturated heterocycles. The number of aryl methyl sites for hydroxylation is 1. The summed E-state index contributed by atoms with van der Waals surface area (Å²) in [5, 5.41) is 2.26. The molecule has 0 atom stereocenters. The Hall–Kier alpha value is -4.44. The standard InChI is InChI=1S/C29H21N2O2/c1-31-16-14-21(20-12-13-28-25(18-20)24-9-2-3-10-27(24)33-28)19-26(31)22-7-6-8-23(17-22)32-29-11-4-5-15-30-29/h2-19H,1H3/q+1. The van der Waals surface area contributed by atoms with Gasteiger partial charge in [0.2, 0.25) is 11.6 Å². The Morgan fingerprint density at radius 3 is 2.45 bits per heavy atom. The molecule has 0 saturated carbocycles. The van der Waals surface area contributed by atoms with Crippen molar-refractivity contribution in [2.45, 2.75) is 0 Å². The van der Waals surface area contributed by atoms with Gasteiger partial charge in [-0.15, -0.1) is 0 Å². The Kier molecular flexibility index (Phi) is 4.62. The molecule has 4 heteroatoms. The maximum absolute atomic E-state index is 5.99. The van der Waals surface area contributed by atoms with Crippen LogP contribution in [0.15, 0.2) is 114 Å². The molecular weight excluding hydrogens is 408 g/mol. The van der Waals surface area contributed by atoms with E-state index in [1.165, 1.54) is 0 Å². The van der Waals surface area contributed by atoms with Crippen LogP contribution >= 0.6 is 0 Å². The van der Waals surface area contributed by atoms with Gasteiger partial charge < -0.3 is 9.15 Å². The third-order valence-corrected chi connectivity index (χ3v) is 5.85. The zero-order valence-electron chi connectivity index (χ0n) is 18.1. The number of ether oxygens (including phenoxy) is 1. The first-order valence-electron chi connectivity index (χ1n) is 10.9. The Labute approximate surface area is 191 Å². The van der Waals surface area contributed by atoms with Crippen molar-refractivity contribution in [3.05, 3.63) is 109 Å². The number of hydrogen-bond acceptors (Lipinski definition) is 3. The predicted octanol–water partition coefficient (Wildman–Crippen LogP) is 6.93. The number of rotatable bonds is 4.